The summed E-state index contributed by atoms with van der Waals surface area (Å²) in [5.74, 6) is 0.159. The number of nitrogens with zero attached hydrogens (tertiary/aromatic N) is 1. The fourth-order valence-electron chi connectivity index (χ4n) is 0.718. The van der Waals surface area contributed by atoms with Crippen LogP contribution in [0.1, 0.15) is 5.56 Å². The third kappa shape index (κ3) is 2.76. The summed E-state index contributed by atoms with van der Waals surface area (Å²) in [6, 6.07) is 2.42. The third-order valence-electron chi connectivity index (χ3n) is 1.35. The lowest BCUT2D eigenvalue weighted by molar-refractivity contribution is -0.0437. The van der Waals surface area contributed by atoms with Gasteiger partial charge >= 0.3 is 5.51 Å². The van der Waals surface area contributed by atoms with Crippen molar-refractivity contribution in [3.63, 3.8) is 0 Å². The molecule has 0 spiro atoms. The van der Waals surface area contributed by atoms with Crippen LogP contribution in [0.5, 0.6) is 0 Å². The van der Waals surface area contributed by atoms with Crippen LogP contribution >= 0.6 is 11.6 Å². The number of halogens is 4. The minimum atomic E-state index is -4.77. The van der Waals surface area contributed by atoms with E-state index in [1.54, 1.807) is 0 Å². The van der Waals surface area contributed by atoms with Crippen LogP contribution in [0.15, 0.2) is 23.4 Å². The van der Waals surface area contributed by atoms with E-state index in [1.165, 1.54) is 12.3 Å². The first-order chi connectivity index (χ1) is 6.45. The highest BCUT2D eigenvalue weighted by Crippen LogP contribution is 2.28. The zero-order chi connectivity index (χ0) is 10.8. The van der Waals surface area contributed by atoms with Gasteiger partial charge in [0.2, 0.25) is 0 Å². The molecule has 0 aliphatic heterocycles. The topological polar surface area (TPSA) is 36.0 Å². The molecule has 0 bridgehead atoms. The van der Waals surface area contributed by atoms with E-state index >= 15 is 0 Å². The number of hydrogen-bond acceptors (Lipinski definition) is 2. The van der Waals surface area contributed by atoms with E-state index in [1.807, 2.05) is 0 Å². The summed E-state index contributed by atoms with van der Waals surface area (Å²) in [7, 11) is 0. The van der Waals surface area contributed by atoms with Gasteiger partial charge in [-0.25, -0.2) is 4.98 Å². The van der Waals surface area contributed by atoms with Crippen molar-refractivity contribution in [2.45, 2.75) is 16.4 Å². The lowest BCUT2D eigenvalue weighted by atomic mass is 10.3. The summed E-state index contributed by atoms with van der Waals surface area (Å²) in [6.45, 7) is 0. The van der Waals surface area contributed by atoms with Crippen LogP contribution in [-0.2, 0) is 17.1 Å². The quantitative estimate of drug-likeness (QED) is 0.591. The normalized spacial score (nSPS) is 14.1. The Morgan fingerprint density at radius 1 is 1.43 bits per heavy atom. The fraction of sp³-hybridized carbons (Fsp3) is 0.286. The second-order valence-electron chi connectivity index (χ2n) is 2.35. The second kappa shape index (κ2) is 4.37. The SMILES string of the molecule is [O-][S+](c1ccc(CCl)cn1)C(F)(F)F. The Morgan fingerprint density at radius 2 is 2.07 bits per heavy atom. The van der Waals surface area contributed by atoms with Crippen molar-refractivity contribution in [1.82, 2.24) is 4.98 Å². The van der Waals surface area contributed by atoms with E-state index in [2.05, 4.69) is 4.98 Å². The Morgan fingerprint density at radius 3 is 2.43 bits per heavy atom. The van der Waals surface area contributed by atoms with E-state index in [4.69, 9.17) is 11.6 Å². The molecule has 0 aliphatic carbocycles. The molecule has 14 heavy (non-hydrogen) atoms. The molecule has 1 heterocycles. The first-order valence-corrected chi connectivity index (χ1v) is 5.13. The molecule has 0 aliphatic rings. The van der Waals surface area contributed by atoms with Crippen molar-refractivity contribution in [3.05, 3.63) is 23.9 Å². The van der Waals surface area contributed by atoms with E-state index < -0.39 is 21.7 Å². The molecule has 0 aromatic carbocycles. The lowest BCUT2D eigenvalue weighted by Gasteiger charge is -2.10. The Labute approximate surface area is 86.3 Å². The zero-order valence-electron chi connectivity index (χ0n) is 6.71. The van der Waals surface area contributed by atoms with E-state index in [0.717, 1.165) is 6.07 Å². The molecule has 1 unspecified atom stereocenters. The molecule has 1 aromatic heterocycles. The largest absolute Gasteiger partial charge is 0.603 e. The molecule has 7 heteroatoms. The van der Waals surface area contributed by atoms with Crippen LogP contribution < -0.4 is 0 Å². The summed E-state index contributed by atoms with van der Waals surface area (Å²) in [5.41, 5.74) is -4.19. The molecule has 0 fully saturated rings. The summed E-state index contributed by atoms with van der Waals surface area (Å²) >= 11 is 2.35. The average Bonchev–Trinajstić information content (AvgIpc) is 2.15. The molecular weight excluding hydrogens is 239 g/mol. The Kier molecular flexibility index (Phi) is 3.63. The number of pyridine rings is 1. The Balaban J connectivity index is 2.87. The van der Waals surface area contributed by atoms with E-state index in [9.17, 15) is 17.7 Å². The number of hydrogen-bond donors (Lipinski definition) is 0. The molecule has 0 radical (unpaired) electrons. The number of alkyl halides is 4. The maximum Gasteiger partial charge on any atom is 0.579 e. The van der Waals surface area contributed by atoms with Crippen molar-refractivity contribution in [2.24, 2.45) is 0 Å². The summed E-state index contributed by atoms with van der Waals surface area (Å²) < 4.78 is 46.6. The summed E-state index contributed by atoms with van der Waals surface area (Å²) in [5, 5.41) is -0.508. The molecular formula is C7H5ClF3NOS. The highest BCUT2D eigenvalue weighted by Gasteiger charge is 2.47. The summed E-state index contributed by atoms with van der Waals surface area (Å²) in [4.78, 5) is 3.41. The molecule has 1 atom stereocenters. The number of rotatable bonds is 2. The molecule has 0 amide bonds. The maximum atomic E-state index is 12.0. The van der Waals surface area contributed by atoms with Gasteiger partial charge in [-0.15, -0.1) is 24.8 Å². The van der Waals surface area contributed by atoms with Crippen LogP contribution in [0, 0.1) is 0 Å². The standard InChI is InChI=1S/C7H5ClF3NOS/c8-3-5-1-2-6(12-4-5)14(13)7(9,10)11/h1-2,4H,3H2. The predicted molar refractivity (Wildman–Crippen MR) is 46.3 cm³/mol. The van der Waals surface area contributed by atoms with Gasteiger partial charge in [0.05, 0.1) is 0 Å². The van der Waals surface area contributed by atoms with Gasteiger partial charge in [-0.3, -0.25) is 0 Å². The summed E-state index contributed by atoms with van der Waals surface area (Å²) in [6.07, 6.45) is 1.17. The van der Waals surface area contributed by atoms with Gasteiger partial charge in [-0.1, -0.05) is 0 Å². The van der Waals surface area contributed by atoms with Gasteiger partial charge < -0.3 is 4.55 Å². The van der Waals surface area contributed by atoms with Crippen molar-refractivity contribution in [2.75, 3.05) is 0 Å². The Bertz CT molecular complexity index is 303. The third-order valence-corrected chi connectivity index (χ3v) is 2.70. The highest BCUT2D eigenvalue weighted by atomic mass is 35.5. The second-order valence-corrected chi connectivity index (χ2v) is 4.04. The minimum Gasteiger partial charge on any atom is -0.603 e. The van der Waals surface area contributed by atoms with E-state index in [-0.39, 0.29) is 5.88 Å². The van der Waals surface area contributed by atoms with Crippen LogP contribution in [0.3, 0.4) is 0 Å². The molecule has 1 rings (SSSR count). The fourth-order valence-corrected chi connectivity index (χ4v) is 1.45. The van der Waals surface area contributed by atoms with E-state index in [0.29, 0.717) is 5.56 Å². The first-order valence-electron chi connectivity index (χ1n) is 3.44. The first kappa shape index (κ1) is 11.6. The van der Waals surface area contributed by atoms with Crippen molar-refractivity contribution in [3.8, 4) is 0 Å². The monoisotopic (exact) mass is 243 g/mol. The van der Waals surface area contributed by atoms with Crippen LogP contribution in [0.2, 0.25) is 0 Å². The van der Waals surface area contributed by atoms with Gasteiger partial charge in [0, 0.05) is 18.1 Å². The average molecular weight is 244 g/mol. The van der Waals surface area contributed by atoms with Crippen LogP contribution in [0.25, 0.3) is 0 Å². The van der Waals surface area contributed by atoms with Crippen molar-refractivity contribution >= 4 is 22.8 Å². The van der Waals surface area contributed by atoms with Gasteiger partial charge in [0.15, 0.2) is 0 Å². The lowest BCUT2D eigenvalue weighted by Crippen LogP contribution is -2.24. The molecule has 2 nitrogen and oxygen atoms in total. The predicted octanol–water partition coefficient (Wildman–Crippen LogP) is 2.45. The van der Waals surface area contributed by atoms with Gasteiger partial charge in [-0.2, -0.15) is 0 Å². The molecule has 1 aromatic rings. The highest BCUT2D eigenvalue weighted by molar-refractivity contribution is 7.92. The molecule has 0 N–H and O–H groups in total. The Hall–Kier alpha value is -0.460. The van der Waals surface area contributed by atoms with Gasteiger partial charge in [0.25, 0.3) is 5.03 Å². The molecule has 78 valence electrons. The van der Waals surface area contributed by atoms with Crippen molar-refractivity contribution in [1.29, 1.82) is 0 Å². The van der Waals surface area contributed by atoms with Crippen LogP contribution in [0.4, 0.5) is 13.2 Å². The van der Waals surface area contributed by atoms with Gasteiger partial charge in [0.1, 0.15) is 11.2 Å². The van der Waals surface area contributed by atoms with Crippen molar-refractivity contribution < 1.29 is 17.7 Å². The maximum absolute atomic E-state index is 12.0. The number of aromatic nitrogens is 1. The molecule has 0 saturated carbocycles. The minimum absolute atomic E-state index is 0.159. The smallest absolute Gasteiger partial charge is 0.579 e. The van der Waals surface area contributed by atoms with Gasteiger partial charge in [-0.05, 0) is 11.6 Å². The zero-order valence-corrected chi connectivity index (χ0v) is 8.29. The van der Waals surface area contributed by atoms with Crippen LogP contribution in [-0.4, -0.2) is 15.0 Å². The molecule has 0 saturated heterocycles.